The van der Waals surface area contributed by atoms with Crippen LogP contribution >= 0.6 is 11.3 Å². The Bertz CT molecular complexity index is 800. The van der Waals surface area contributed by atoms with Crippen LogP contribution < -0.4 is 5.32 Å². The number of nitrogens with one attached hydrogen (secondary N) is 1. The average Bonchev–Trinajstić information content (AvgIpc) is 3.01. The van der Waals surface area contributed by atoms with E-state index in [-0.39, 0.29) is 23.1 Å². The number of aromatic nitrogens is 1. The van der Waals surface area contributed by atoms with Gasteiger partial charge in [0.1, 0.15) is 5.69 Å². The van der Waals surface area contributed by atoms with Crippen molar-refractivity contribution in [2.75, 3.05) is 23.4 Å². The Hall–Kier alpha value is -1.74. The van der Waals surface area contributed by atoms with Gasteiger partial charge in [-0.3, -0.25) is 10.1 Å². The molecule has 1 aliphatic heterocycles. The first-order valence-corrected chi connectivity index (χ1v) is 9.11. The van der Waals surface area contributed by atoms with E-state index in [1.165, 1.54) is 11.3 Å². The normalized spacial score (nSPS) is 20.7. The third-order valence-corrected chi connectivity index (χ3v) is 6.20. The topological polar surface area (TPSA) is 102 Å². The monoisotopic (exact) mass is 327 g/mol. The second kappa shape index (κ2) is 5.23. The third-order valence-electron chi connectivity index (χ3n) is 3.57. The number of hydrogen-bond acceptors (Lipinski definition) is 7. The van der Waals surface area contributed by atoms with Crippen LogP contribution in [-0.2, 0) is 9.84 Å². The lowest BCUT2D eigenvalue weighted by molar-refractivity contribution is -0.382. The predicted molar refractivity (Wildman–Crippen MR) is 81.5 cm³/mol. The van der Waals surface area contributed by atoms with E-state index in [0.717, 1.165) is 4.70 Å². The number of fused-ring (bicyclic) bond motifs is 1. The van der Waals surface area contributed by atoms with Gasteiger partial charge in [-0.25, -0.2) is 13.4 Å². The smallest absolute Gasteiger partial charge is 0.319 e. The summed E-state index contributed by atoms with van der Waals surface area (Å²) in [5.41, 5.74) is 2.29. The zero-order valence-corrected chi connectivity index (χ0v) is 12.6. The Kier molecular flexibility index (Phi) is 3.54. The maximum Gasteiger partial charge on any atom is 0.319 e. The molecule has 112 valence electrons. The number of hydrogen-bond donors (Lipinski definition) is 1. The number of rotatable bonds is 4. The van der Waals surface area contributed by atoms with Crippen molar-refractivity contribution in [2.24, 2.45) is 5.92 Å². The third kappa shape index (κ3) is 2.84. The first-order chi connectivity index (χ1) is 9.96. The minimum Gasteiger partial charge on any atom is -0.379 e. The van der Waals surface area contributed by atoms with Gasteiger partial charge in [-0.2, -0.15) is 0 Å². The van der Waals surface area contributed by atoms with E-state index >= 15 is 0 Å². The second-order valence-corrected chi connectivity index (χ2v) is 8.18. The molecule has 1 unspecified atom stereocenters. The van der Waals surface area contributed by atoms with Crippen molar-refractivity contribution in [3.8, 4) is 0 Å². The molecular formula is C12H13N3O4S2. The van der Waals surface area contributed by atoms with Crippen LogP contribution in [0.1, 0.15) is 6.42 Å². The summed E-state index contributed by atoms with van der Waals surface area (Å²) in [6.45, 7) is 0.412. The highest BCUT2D eigenvalue weighted by Gasteiger charge is 2.28. The van der Waals surface area contributed by atoms with Gasteiger partial charge in [0.25, 0.3) is 0 Å². The summed E-state index contributed by atoms with van der Waals surface area (Å²) in [7, 11) is -2.94. The van der Waals surface area contributed by atoms with Crippen molar-refractivity contribution in [3.05, 3.63) is 27.8 Å². The molecule has 1 aromatic carbocycles. The molecule has 1 aliphatic rings. The Morgan fingerprint density at radius 2 is 2.29 bits per heavy atom. The van der Waals surface area contributed by atoms with Gasteiger partial charge in [0.15, 0.2) is 15.4 Å². The van der Waals surface area contributed by atoms with Crippen LogP contribution in [-0.4, -0.2) is 36.4 Å². The van der Waals surface area contributed by atoms with Crippen molar-refractivity contribution in [2.45, 2.75) is 6.42 Å². The maximum absolute atomic E-state index is 11.4. The van der Waals surface area contributed by atoms with Crippen LogP contribution in [0.4, 0.5) is 11.4 Å². The summed E-state index contributed by atoms with van der Waals surface area (Å²) in [5, 5.41) is 14.3. The lowest BCUT2D eigenvalue weighted by Crippen LogP contribution is -2.16. The van der Waals surface area contributed by atoms with Crippen LogP contribution in [0.3, 0.4) is 0 Å². The molecule has 2 heterocycles. The molecule has 7 nitrogen and oxygen atoms in total. The zero-order chi connectivity index (χ0) is 15.0. The largest absolute Gasteiger partial charge is 0.379 e. The summed E-state index contributed by atoms with van der Waals surface area (Å²) in [6, 6.07) is 3.44. The van der Waals surface area contributed by atoms with Crippen LogP contribution in [0.2, 0.25) is 0 Å². The molecule has 0 radical (unpaired) electrons. The number of nitro groups is 1. The van der Waals surface area contributed by atoms with Crippen LogP contribution in [0.5, 0.6) is 0 Å². The summed E-state index contributed by atoms with van der Waals surface area (Å²) in [4.78, 5) is 14.9. The molecule has 0 amide bonds. The summed E-state index contributed by atoms with van der Waals surface area (Å²) >= 11 is 1.35. The molecule has 0 aliphatic carbocycles. The van der Waals surface area contributed by atoms with E-state index in [1.54, 1.807) is 17.6 Å². The number of thiazole rings is 1. The van der Waals surface area contributed by atoms with Gasteiger partial charge in [0, 0.05) is 6.54 Å². The Labute approximate surface area is 125 Å². The molecule has 0 spiro atoms. The molecule has 21 heavy (non-hydrogen) atoms. The van der Waals surface area contributed by atoms with Gasteiger partial charge in [-0.1, -0.05) is 0 Å². The SMILES string of the molecule is O=[N+]([O-])c1c(NCC2CCS(=O)(=O)C2)ccc2scnc12. The fourth-order valence-corrected chi connectivity index (χ4v) is 5.07. The van der Waals surface area contributed by atoms with Gasteiger partial charge in [-0.05, 0) is 24.5 Å². The molecule has 2 aromatic rings. The minimum atomic E-state index is -2.94. The van der Waals surface area contributed by atoms with Crippen molar-refractivity contribution in [3.63, 3.8) is 0 Å². The Balaban J connectivity index is 1.84. The molecular weight excluding hydrogens is 314 g/mol. The molecule has 0 saturated carbocycles. The quantitative estimate of drug-likeness (QED) is 0.681. The van der Waals surface area contributed by atoms with Gasteiger partial charge in [0.05, 0.1) is 26.6 Å². The minimum absolute atomic E-state index is 0.000681. The van der Waals surface area contributed by atoms with E-state index in [9.17, 15) is 18.5 Å². The zero-order valence-electron chi connectivity index (χ0n) is 11.0. The number of benzene rings is 1. The van der Waals surface area contributed by atoms with Crippen LogP contribution in [0.15, 0.2) is 17.6 Å². The highest BCUT2D eigenvalue weighted by molar-refractivity contribution is 7.91. The standard InChI is InChI=1S/C12H13N3O4S2/c16-15(17)12-9(1-2-10-11(12)14-7-20-10)13-5-8-3-4-21(18,19)6-8/h1-2,7-8,13H,3-6H2. The van der Waals surface area contributed by atoms with Crippen molar-refractivity contribution >= 4 is 42.8 Å². The molecule has 1 atom stereocenters. The van der Waals surface area contributed by atoms with Gasteiger partial charge >= 0.3 is 5.69 Å². The lowest BCUT2D eigenvalue weighted by Gasteiger charge is -2.11. The Morgan fingerprint density at radius 3 is 2.95 bits per heavy atom. The Morgan fingerprint density at radius 1 is 1.48 bits per heavy atom. The molecule has 1 fully saturated rings. The number of nitrogens with zero attached hydrogens (tertiary/aromatic N) is 2. The highest BCUT2D eigenvalue weighted by atomic mass is 32.2. The average molecular weight is 327 g/mol. The lowest BCUT2D eigenvalue weighted by atomic mass is 10.1. The maximum atomic E-state index is 11.4. The second-order valence-electron chi connectivity index (χ2n) is 5.07. The number of nitro benzene ring substituents is 1. The first-order valence-electron chi connectivity index (χ1n) is 6.41. The van der Waals surface area contributed by atoms with Gasteiger partial charge in [-0.15, -0.1) is 11.3 Å². The van der Waals surface area contributed by atoms with Crippen LogP contribution in [0.25, 0.3) is 10.2 Å². The summed E-state index contributed by atoms with van der Waals surface area (Å²) < 4.78 is 23.6. The summed E-state index contributed by atoms with van der Waals surface area (Å²) in [6.07, 6.45) is 0.599. The highest BCUT2D eigenvalue weighted by Crippen LogP contribution is 2.34. The predicted octanol–water partition coefficient (Wildman–Crippen LogP) is 2.05. The summed E-state index contributed by atoms with van der Waals surface area (Å²) in [5.74, 6) is 0.347. The molecule has 3 rings (SSSR count). The fourth-order valence-electron chi connectivity index (χ4n) is 2.53. The van der Waals surface area contributed by atoms with Gasteiger partial charge < -0.3 is 5.32 Å². The van der Waals surface area contributed by atoms with Crippen molar-refractivity contribution in [1.29, 1.82) is 0 Å². The van der Waals surface area contributed by atoms with E-state index in [4.69, 9.17) is 0 Å². The number of sulfone groups is 1. The molecule has 9 heteroatoms. The van der Waals surface area contributed by atoms with Crippen molar-refractivity contribution < 1.29 is 13.3 Å². The molecule has 1 aromatic heterocycles. The molecule has 1 saturated heterocycles. The van der Waals surface area contributed by atoms with E-state index in [1.807, 2.05) is 0 Å². The first kappa shape index (κ1) is 14.2. The van der Waals surface area contributed by atoms with Crippen LogP contribution in [0, 0.1) is 16.0 Å². The van der Waals surface area contributed by atoms with E-state index in [2.05, 4.69) is 10.3 Å². The van der Waals surface area contributed by atoms with Gasteiger partial charge in [0.2, 0.25) is 0 Å². The molecule has 1 N–H and O–H groups in total. The van der Waals surface area contributed by atoms with Crippen molar-refractivity contribution in [1.82, 2.24) is 4.98 Å². The van der Waals surface area contributed by atoms with E-state index in [0.29, 0.717) is 24.2 Å². The number of anilines is 1. The molecule has 0 bridgehead atoms. The fraction of sp³-hybridized carbons (Fsp3) is 0.417. The van der Waals surface area contributed by atoms with E-state index < -0.39 is 14.8 Å².